The highest BCUT2D eigenvalue weighted by Crippen LogP contribution is 2.10. The summed E-state index contributed by atoms with van der Waals surface area (Å²) in [4.78, 5) is 10.7. The first kappa shape index (κ1) is 13.7. The van der Waals surface area contributed by atoms with Gasteiger partial charge in [-0.25, -0.2) is 4.98 Å². The lowest BCUT2D eigenvalue weighted by Crippen LogP contribution is -2.24. The number of hydrogen-bond acceptors (Lipinski definition) is 5. The summed E-state index contributed by atoms with van der Waals surface area (Å²) in [6.07, 6.45) is 4.59. The van der Waals surface area contributed by atoms with Crippen LogP contribution in [0.4, 0.5) is 11.6 Å². The second-order valence-corrected chi connectivity index (χ2v) is 3.81. The number of nitrogens with zero attached hydrogens (tertiary/aromatic N) is 3. The van der Waals surface area contributed by atoms with E-state index >= 15 is 0 Å². The molecule has 5 nitrogen and oxygen atoms in total. The Morgan fingerprint density at radius 1 is 1.35 bits per heavy atom. The van der Waals surface area contributed by atoms with Crippen LogP contribution in [-0.2, 0) is 4.74 Å². The van der Waals surface area contributed by atoms with Crippen LogP contribution in [-0.4, -0.2) is 43.3 Å². The van der Waals surface area contributed by atoms with E-state index in [2.05, 4.69) is 22.2 Å². The highest BCUT2D eigenvalue weighted by molar-refractivity contribution is 5.43. The minimum atomic E-state index is 0.710. The lowest BCUT2D eigenvalue weighted by molar-refractivity contribution is 0.154. The van der Waals surface area contributed by atoms with Crippen molar-refractivity contribution < 1.29 is 4.74 Å². The summed E-state index contributed by atoms with van der Waals surface area (Å²) in [5, 5.41) is 3.23. The Bertz CT molecular complexity index is 319. The number of hydrogen-bond donors (Lipinski definition) is 1. The molecular formula is C12H22N4O. The van der Waals surface area contributed by atoms with Gasteiger partial charge in [-0.2, -0.15) is 0 Å². The van der Waals surface area contributed by atoms with Gasteiger partial charge >= 0.3 is 0 Å². The summed E-state index contributed by atoms with van der Waals surface area (Å²) in [6.45, 7) is 7.31. The van der Waals surface area contributed by atoms with E-state index in [1.165, 1.54) is 0 Å². The predicted octanol–water partition coefficient (Wildman–Crippen LogP) is 1.77. The first-order valence-corrected chi connectivity index (χ1v) is 6.12. The quantitative estimate of drug-likeness (QED) is 0.699. The van der Waals surface area contributed by atoms with E-state index in [9.17, 15) is 0 Å². The zero-order valence-corrected chi connectivity index (χ0v) is 10.9. The number of ether oxygens (including phenoxy) is 1. The molecule has 0 aliphatic carbocycles. The van der Waals surface area contributed by atoms with E-state index in [4.69, 9.17) is 4.74 Å². The van der Waals surface area contributed by atoms with Crippen LogP contribution in [0.2, 0.25) is 0 Å². The summed E-state index contributed by atoms with van der Waals surface area (Å²) in [7, 11) is 1.99. The first-order valence-electron chi connectivity index (χ1n) is 6.12. The van der Waals surface area contributed by atoms with Gasteiger partial charge in [-0.15, -0.1) is 0 Å². The molecule has 0 amide bonds. The van der Waals surface area contributed by atoms with E-state index in [0.29, 0.717) is 6.61 Å². The first-order chi connectivity index (χ1) is 8.27. The molecule has 0 unspecified atom stereocenters. The molecule has 0 aromatic carbocycles. The van der Waals surface area contributed by atoms with Gasteiger partial charge in [-0.1, -0.05) is 6.92 Å². The van der Waals surface area contributed by atoms with Crippen molar-refractivity contribution in [2.75, 3.05) is 43.6 Å². The SMILES string of the molecule is CCCNc1cncc(N(C)CCOCC)n1. The molecule has 5 heteroatoms. The molecule has 0 saturated heterocycles. The fraction of sp³-hybridized carbons (Fsp3) is 0.667. The molecule has 0 saturated carbocycles. The Labute approximate surface area is 103 Å². The average Bonchev–Trinajstić information content (AvgIpc) is 2.37. The van der Waals surface area contributed by atoms with Gasteiger partial charge in [0.15, 0.2) is 0 Å². The maximum Gasteiger partial charge on any atom is 0.149 e. The third-order valence-corrected chi connectivity index (χ3v) is 2.34. The maximum absolute atomic E-state index is 5.32. The normalized spacial score (nSPS) is 10.3. The van der Waals surface area contributed by atoms with Crippen LogP contribution >= 0.6 is 0 Å². The third kappa shape index (κ3) is 4.99. The van der Waals surface area contributed by atoms with Gasteiger partial charge in [0.1, 0.15) is 11.6 Å². The topological polar surface area (TPSA) is 50.3 Å². The van der Waals surface area contributed by atoms with E-state index in [1.807, 2.05) is 18.9 Å². The molecule has 1 aromatic heterocycles. The molecule has 1 rings (SSSR count). The second kappa shape index (κ2) is 7.84. The van der Waals surface area contributed by atoms with Crippen molar-refractivity contribution in [1.82, 2.24) is 9.97 Å². The molecule has 96 valence electrons. The molecule has 1 aromatic rings. The molecule has 0 atom stereocenters. The minimum absolute atomic E-state index is 0.710. The monoisotopic (exact) mass is 238 g/mol. The van der Waals surface area contributed by atoms with Gasteiger partial charge < -0.3 is 15.0 Å². The van der Waals surface area contributed by atoms with Crippen molar-refractivity contribution in [3.05, 3.63) is 12.4 Å². The number of likely N-dealkylation sites (N-methyl/N-ethyl adjacent to an activating group) is 1. The molecule has 0 aliphatic rings. The number of aromatic nitrogens is 2. The van der Waals surface area contributed by atoms with Gasteiger partial charge in [-0.3, -0.25) is 4.98 Å². The molecule has 17 heavy (non-hydrogen) atoms. The fourth-order valence-electron chi connectivity index (χ4n) is 1.34. The van der Waals surface area contributed by atoms with E-state index in [1.54, 1.807) is 12.4 Å². The summed E-state index contributed by atoms with van der Waals surface area (Å²) in [5.74, 6) is 1.69. The number of anilines is 2. The van der Waals surface area contributed by atoms with Crippen LogP contribution in [0.15, 0.2) is 12.4 Å². The smallest absolute Gasteiger partial charge is 0.149 e. The Balaban J connectivity index is 2.51. The lowest BCUT2D eigenvalue weighted by Gasteiger charge is -2.18. The van der Waals surface area contributed by atoms with Crippen molar-refractivity contribution in [3.63, 3.8) is 0 Å². The zero-order valence-electron chi connectivity index (χ0n) is 10.9. The van der Waals surface area contributed by atoms with Gasteiger partial charge in [0.25, 0.3) is 0 Å². The Kier molecular flexibility index (Phi) is 6.32. The largest absolute Gasteiger partial charge is 0.380 e. The molecule has 0 aliphatic heterocycles. The Morgan fingerprint density at radius 3 is 2.88 bits per heavy atom. The molecule has 0 spiro atoms. The van der Waals surface area contributed by atoms with Crippen LogP contribution in [0.3, 0.4) is 0 Å². The summed E-state index contributed by atoms with van der Waals surface area (Å²) >= 11 is 0. The van der Waals surface area contributed by atoms with Crippen LogP contribution in [0, 0.1) is 0 Å². The predicted molar refractivity (Wildman–Crippen MR) is 70.6 cm³/mol. The zero-order chi connectivity index (χ0) is 12.5. The van der Waals surface area contributed by atoms with E-state index in [0.717, 1.165) is 37.8 Å². The van der Waals surface area contributed by atoms with Crippen molar-refractivity contribution in [3.8, 4) is 0 Å². The van der Waals surface area contributed by atoms with Crippen molar-refractivity contribution in [2.24, 2.45) is 0 Å². The van der Waals surface area contributed by atoms with Crippen LogP contribution in [0.5, 0.6) is 0 Å². The highest BCUT2D eigenvalue weighted by Gasteiger charge is 2.03. The molecule has 1 heterocycles. The maximum atomic E-state index is 5.32. The summed E-state index contributed by atoms with van der Waals surface area (Å²) < 4.78 is 5.32. The molecular weight excluding hydrogens is 216 g/mol. The van der Waals surface area contributed by atoms with Crippen LogP contribution in [0.1, 0.15) is 20.3 Å². The molecule has 1 N–H and O–H groups in total. The minimum Gasteiger partial charge on any atom is -0.380 e. The Hall–Kier alpha value is -1.36. The number of rotatable bonds is 8. The van der Waals surface area contributed by atoms with Gasteiger partial charge in [0, 0.05) is 26.7 Å². The second-order valence-electron chi connectivity index (χ2n) is 3.81. The van der Waals surface area contributed by atoms with Gasteiger partial charge in [0.2, 0.25) is 0 Å². The summed E-state index contributed by atoms with van der Waals surface area (Å²) in [6, 6.07) is 0. The Morgan fingerprint density at radius 2 is 2.18 bits per heavy atom. The average molecular weight is 238 g/mol. The van der Waals surface area contributed by atoms with Crippen molar-refractivity contribution >= 4 is 11.6 Å². The van der Waals surface area contributed by atoms with Crippen LogP contribution < -0.4 is 10.2 Å². The fourth-order valence-corrected chi connectivity index (χ4v) is 1.34. The van der Waals surface area contributed by atoms with Crippen molar-refractivity contribution in [1.29, 1.82) is 0 Å². The third-order valence-electron chi connectivity index (χ3n) is 2.34. The van der Waals surface area contributed by atoms with E-state index < -0.39 is 0 Å². The van der Waals surface area contributed by atoms with Crippen molar-refractivity contribution in [2.45, 2.75) is 20.3 Å². The highest BCUT2D eigenvalue weighted by atomic mass is 16.5. The molecule has 0 radical (unpaired) electrons. The lowest BCUT2D eigenvalue weighted by atomic mass is 10.4. The molecule has 0 bridgehead atoms. The van der Waals surface area contributed by atoms with Gasteiger partial charge in [0.05, 0.1) is 19.0 Å². The van der Waals surface area contributed by atoms with Crippen LogP contribution in [0.25, 0.3) is 0 Å². The van der Waals surface area contributed by atoms with Gasteiger partial charge in [-0.05, 0) is 13.3 Å². The molecule has 0 fully saturated rings. The summed E-state index contributed by atoms with van der Waals surface area (Å²) in [5.41, 5.74) is 0. The standard InChI is InChI=1S/C12H22N4O/c1-4-6-14-11-9-13-10-12(15-11)16(3)7-8-17-5-2/h9-10H,4-8H2,1-3H3,(H,14,15). The van der Waals surface area contributed by atoms with E-state index in [-0.39, 0.29) is 0 Å². The number of nitrogens with one attached hydrogen (secondary N) is 1.